The Labute approximate surface area is 241 Å². The molecule has 1 saturated heterocycles. The van der Waals surface area contributed by atoms with E-state index in [0.29, 0.717) is 0 Å². The molecule has 1 fully saturated rings. The molecule has 8 rings (SSSR count). The molecule has 5 aromatic carbocycles. The van der Waals surface area contributed by atoms with E-state index in [4.69, 9.17) is 9.15 Å². The smallest absolute Gasteiger partial charge is 0.143 e. The van der Waals surface area contributed by atoms with Crippen molar-refractivity contribution in [2.75, 3.05) is 0 Å². The van der Waals surface area contributed by atoms with E-state index in [9.17, 15) is 0 Å². The molecule has 0 radical (unpaired) electrons. The highest BCUT2D eigenvalue weighted by Crippen LogP contribution is 2.59. The van der Waals surface area contributed by atoms with Crippen LogP contribution in [-0.4, -0.2) is 5.60 Å². The lowest BCUT2D eigenvalue weighted by molar-refractivity contribution is -0.294. The predicted molar refractivity (Wildman–Crippen MR) is 168 cm³/mol. The van der Waals surface area contributed by atoms with Crippen molar-refractivity contribution in [1.29, 1.82) is 0 Å². The summed E-state index contributed by atoms with van der Waals surface area (Å²) in [4.78, 5) is 0. The van der Waals surface area contributed by atoms with E-state index in [-0.39, 0.29) is 22.5 Å². The van der Waals surface area contributed by atoms with Gasteiger partial charge in [0.15, 0.2) is 0 Å². The summed E-state index contributed by atoms with van der Waals surface area (Å²) in [6, 6.07) is 39.7. The van der Waals surface area contributed by atoms with E-state index >= 15 is 0 Å². The molecule has 0 saturated carbocycles. The molecular formula is C39H34O2. The van der Waals surface area contributed by atoms with Crippen LogP contribution in [0.15, 0.2) is 114 Å². The van der Waals surface area contributed by atoms with E-state index in [1.807, 2.05) is 0 Å². The molecule has 0 bridgehead atoms. The minimum atomic E-state index is -0.199. The van der Waals surface area contributed by atoms with Gasteiger partial charge in [0.05, 0.1) is 11.7 Å². The molecule has 2 heterocycles. The van der Waals surface area contributed by atoms with Crippen molar-refractivity contribution in [1.82, 2.24) is 0 Å². The van der Waals surface area contributed by atoms with Crippen LogP contribution in [0.25, 0.3) is 44.2 Å². The van der Waals surface area contributed by atoms with Crippen molar-refractivity contribution in [2.45, 2.75) is 51.7 Å². The summed E-state index contributed by atoms with van der Waals surface area (Å²) in [5.41, 5.74) is 11.6. The Hall–Kier alpha value is -4.14. The molecule has 2 aliphatic rings. The fourth-order valence-corrected chi connectivity index (χ4v) is 7.33. The minimum absolute atomic E-state index is 0.00223. The van der Waals surface area contributed by atoms with Gasteiger partial charge in [-0.1, -0.05) is 123 Å². The summed E-state index contributed by atoms with van der Waals surface area (Å²) in [5.74, 6) is 0. The minimum Gasteiger partial charge on any atom is -0.455 e. The lowest BCUT2D eigenvalue weighted by atomic mass is 9.65. The van der Waals surface area contributed by atoms with Gasteiger partial charge in [-0.2, -0.15) is 0 Å². The van der Waals surface area contributed by atoms with Crippen molar-refractivity contribution >= 4 is 21.9 Å². The van der Waals surface area contributed by atoms with Crippen molar-refractivity contribution in [3.8, 4) is 22.3 Å². The van der Waals surface area contributed by atoms with Gasteiger partial charge in [0.25, 0.3) is 0 Å². The zero-order chi connectivity index (χ0) is 28.1. The van der Waals surface area contributed by atoms with Crippen LogP contribution in [0.1, 0.15) is 63.0 Å². The SMILES string of the molecule is CC1(c2ccc(-c3cccc4c3oc3c(C5OC(C)(C)C5(C)C)cccc34)cc2)c2ccccc2-c2ccccc21. The van der Waals surface area contributed by atoms with E-state index in [0.717, 1.165) is 38.6 Å². The van der Waals surface area contributed by atoms with Gasteiger partial charge < -0.3 is 9.15 Å². The average Bonchev–Trinajstić information content (AvgIpc) is 3.50. The molecule has 0 amide bonds. The number of rotatable bonds is 3. The molecule has 1 unspecified atom stereocenters. The fraction of sp³-hybridized carbons (Fsp3) is 0.231. The summed E-state index contributed by atoms with van der Waals surface area (Å²) >= 11 is 0. The maximum absolute atomic E-state index is 6.75. The van der Waals surface area contributed by atoms with Crippen molar-refractivity contribution in [3.63, 3.8) is 0 Å². The summed E-state index contributed by atoms with van der Waals surface area (Å²) in [6.07, 6.45) is 0.00223. The van der Waals surface area contributed by atoms with Gasteiger partial charge in [0.2, 0.25) is 0 Å². The molecule has 0 N–H and O–H groups in total. The molecule has 2 heteroatoms. The van der Waals surface area contributed by atoms with Crippen molar-refractivity contribution in [2.24, 2.45) is 5.41 Å². The first-order valence-corrected chi connectivity index (χ1v) is 14.6. The Morgan fingerprint density at radius 3 is 1.71 bits per heavy atom. The van der Waals surface area contributed by atoms with Gasteiger partial charge in [0, 0.05) is 32.7 Å². The molecule has 202 valence electrons. The van der Waals surface area contributed by atoms with E-state index < -0.39 is 0 Å². The first-order valence-electron chi connectivity index (χ1n) is 14.6. The first-order chi connectivity index (χ1) is 19.7. The van der Waals surface area contributed by atoms with Crippen LogP contribution in [-0.2, 0) is 10.2 Å². The van der Waals surface area contributed by atoms with Gasteiger partial charge in [-0.15, -0.1) is 0 Å². The first kappa shape index (κ1) is 24.6. The Bertz CT molecular complexity index is 1940. The average molecular weight is 535 g/mol. The quantitative estimate of drug-likeness (QED) is 0.225. The summed E-state index contributed by atoms with van der Waals surface area (Å²) in [6.45, 7) is 11.3. The third-order valence-corrected chi connectivity index (χ3v) is 10.5. The largest absolute Gasteiger partial charge is 0.455 e. The highest BCUT2D eigenvalue weighted by atomic mass is 16.5. The van der Waals surface area contributed by atoms with Crippen LogP contribution in [0, 0.1) is 5.41 Å². The number of furan rings is 1. The predicted octanol–water partition coefficient (Wildman–Crippen LogP) is 10.5. The third kappa shape index (κ3) is 3.17. The molecule has 41 heavy (non-hydrogen) atoms. The lowest BCUT2D eigenvalue weighted by Gasteiger charge is -2.58. The Morgan fingerprint density at radius 2 is 1.10 bits per heavy atom. The van der Waals surface area contributed by atoms with Gasteiger partial charge >= 0.3 is 0 Å². The van der Waals surface area contributed by atoms with Crippen LogP contribution >= 0.6 is 0 Å². The third-order valence-electron chi connectivity index (χ3n) is 10.5. The second-order valence-electron chi connectivity index (χ2n) is 13.0. The van der Waals surface area contributed by atoms with E-state index in [1.165, 1.54) is 27.8 Å². The van der Waals surface area contributed by atoms with E-state index in [2.05, 4.69) is 144 Å². The molecule has 6 aromatic rings. The maximum atomic E-state index is 6.75. The van der Waals surface area contributed by atoms with Crippen LogP contribution in [0.3, 0.4) is 0 Å². The molecule has 1 aliphatic heterocycles. The van der Waals surface area contributed by atoms with Crippen LogP contribution in [0.2, 0.25) is 0 Å². The standard InChI is InChI=1S/C39H34O2/c1-37(2)36(41-38(37,3)4)31-17-11-16-30-29-15-10-14-26(34(29)40-35(30)31)24-20-22-25(23-21-24)39(5)32-18-8-6-12-27(32)28-13-7-9-19-33(28)39/h6-23,36H,1-5H3. The normalized spacial score (nSPS) is 19.6. The monoisotopic (exact) mass is 534 g/mol. The summed E-state index contributed by atoms with van der Waals surface area (Å²) in [7, 11) is 0. The Morgan fingerprint density at radius 1 is 0.537 bits per heavy atom. The van der Waals surface area contributed by atoms with Crippen LogP contribution in [0.4, 0.5) is 0 Å². The van der Waals surface area contributed by atoms with Crippen LogP contribution < -0.4 is 0 Å². The van der Waals surface area contributed by atoms with Gasteiger partial charge in [0.1, 0.15) is 11.2 Å². The van der Waals surface area contributed by atoms with Crippen molar-refractivity contribution in [3.05, 3.63) is 131 Å². The summed E-state index contributed by atoms with van der Waals surface area (Å²) < 4.78 is 13.2. The number of fused-ring (bicyclic) bond motifs is 6. The molecule has 0 spiro atoms. The second-order valence-corrected chi connectivity index (χ2v) is 13.0. The fourth-order valence-electron chi connectivity index (χ4n) is 7.33. The second kappa shape index (κ2) is 8.21. The highest BCUT2D eigenvalue weighted by Gasteiger charge is 2.57. The van der Waals surface area contributed by atoms with Gasteiger partial charge in [-0.25, -0.2) is 0 Å². The molecule has 1 aliphatic carbocycles. The van der Waals surface area contributed by atoms with E-state index in [1.54, 1.807) is 0 Å². The molecular weight excluding hydrogens is 500 g/mol. The molecule has 1 atom stereocenters. The lowest BCUT2D eigenvalue weighted by Crippen LogP contribution is -2.57. The zero-order valence-corrected chi connectivity index (χ0v) is 24.3. The number of benzene rings is 5. The number of hydrogen-bond acceptors (Lipinski definition) is 2. The number of ether oxygens (including phenoxy) is 1. The number of para-hydroxylation sites is 2. The van der Waals surface area contributed by atoms with Crippen molar-refractivity contribution < 1.29 is 9.15 Å². The zero-order valence-electron chi connectivity index (χ0n) is 24.3. The number of hydrogen-bond donors (Lipinski definition) is 0. The van der Waals surface area contributed by atoms with Crippen LogP contribution in [0.5, 0.6) is 0 Å². The molecule has 1 aromatic heterocycles. The van der Waals surface area contributed by atoms with Gasteiger partial charge in [-0.3, -0.25) is 0 Å². The maximum Gasteiger partial charge on any atom is 0.143 e. The Balaban J connectivity index is 1.24. The Kier molecular flexibility index (Phi) is 4.93. The summed E-state index contributed by atoms with van der Waals surface area (Å²) in [5, 5.41) is 2.29. The van der Waals surface area contributed by atoms with Gasteiger partial charge in [-0.05, 0) is 54.2 Å². The highest BCUT2D eigenvalue weighted by molar-refractivity contribution is 6.10. The molecule has 2 nitrogen and oxygen atoms in total. The topological polar surface area (TPSA) is 22.4 Å².